The largest absolute Gasteiger partial charge is 0.464 e. The zero-order valence-corrected chi connectivity index (χ0v) is 7.91. The molecule has 1 fully saturated rings. The number of hydrogen-bond donors (Lipinski definition) is 0. The van der Waals surface area contributed by atoms with Gasteiger partial charge in [-0.05, 0) is 13.8 Å². The Labute approximate surface area is 77.2 Å². The maximum Gasteiger partial charge on any atom is 0.335 e. The molecule has 0 spiro atoms. The van der Waals surface area contributed by atoms with Crippen LogP contribution in [0.1, 0.15) is 26.7 Å². The number of Topliss-reactive ketones (excluding diaryl/α,β-unsaturated/α-hetero) is 1. The lowest BCUT2D eigenvalue weighted by atomic mass is 10.0. The maximum absolute atomic E-state index is 11.2. The molecule has 4 heteroatoms. The lowest BCUT2D eigenvalue weighted by molar-refractivity contribution is -0.167. The third kappa shape index (κ3) is 2.81. The van der Waals surface area contributed by atoms with Gasteiger partial charge >= 0.3 is 5.97 Å². The summed E-state index contributed by atoms with van der Waals surface area (Å²) >= 11 is 0. The van der Waals surface area contributed by atoms with Gasteiger partial charge in [0.1, 0.15) is 5.78 Å². The first kappa shape index (κ1) is 10.2. The zero-order chi connectivity index (χ0) is 9.84. The lowest BCUT2D eigenvalue weighted by Gasteiger charge is -2.25. The van der Waals surface area contributed by atoms with Crippen molar-refractivity contribution in [1.82, 2.24) is 0 Å². The van der Waals surface area contributed by atoms with Crippen LogP contribution in [0.4, 0.5) is 0 Å². The molecule has 0 bridgehead atoms. The Bertz CT molecular complexity index is 212. The quantitative estimate of drug-likeness (QED) is 0.595. The molecular weight excluding hydrogens is 172 g/mol. The van der Waals surface area contributed by atoms with E-state index in [1.165, 1.54) is 0 Å². The summed E-state index contributed by atoms with van der Waals surface area (Å²) in [4.78, 5) is 22.3. The molecule has 2 unspecified atom stereocenters. The number of carbonyl (C=O) groups excluding carboxylic acids is 2. The Morgan fingerprint density at radius 2 is 2.31 bits per heavy atom. The van der Waals surface area contributed by atoms with Gasteiger partial charge in [0.15, 0.2) is 6.10 Å². The molecule has 1 aliphatic heterocycles. The van der Waals surface area contributed by atoms with Gasteiger partial charge in [-0.25, -0.2) is 4.79 Å². The van der Waals surface area contributed by atoms with E-state index < -0.39 is 12.1 Å². The normalized spacial score (nSPS) is 28.6. The second kappa shape index (κ2) is 4.37. The minimum absolute atomic E-state index is 0.0665. The van der Waals surface area contributed by atoms with Crippen molar-refractivity contribution in [2.45, 2.75) is 38.9 Å². The first-order valence-corrected chi connectivity index (χ1v) is 4.47. The zero-order valence-electron chi connectivity index (χ0n) is 7.91. The molecule has 1 saturated heterocycles. The predicted octanol–water partition coefficient (Wildman–Crippen LogP) is 0.686. The summed E-state index contributed by atoms with van der Waals surface area (Å²) in [6.07, 6.45) is -0.300. The van der Waals surface area contributed by atoms with E-state index >= 15 is 0 Å². The van der Waals surface area contributed by atoms with Crippen LogP contribution in [0.2, 0.25) is 0 Å². The summed E-state index contributed by atoms with van der Waals surface area (Å²) in [5.74, 6) is -0.362. The number of ketones is 1. The summed E-state index contributed by atoms with van der Waals surface area (Å²) < 4.78 is 10.0. The Balaban J connectivity index is 2.49. The first-order chi connectivity index (χ1) is 6.13. The molecule has 13 heavy (non-hydrogen) atoms. The Morgan fingerprint density at radius 3 is 2.85 bits per heavy atom. The molecule has 0 amide bonds. The molecular formula is C9H14O4. The van der Waals surface area contributed by atoms with Crippen LogP contribution in [-0.4, -0.2) is 30.6 Å². The van der Waals surface area contributed by atoms with Crippen LogP contribution < -0.4 is 0 Å². The van der Waals surface area contributed by atoms with Gasteiger partial charge in [-0.3, -0.25) is 4.79 Å². The fourth-order valence-electron chi connectivity index (χ4n) is 1.36. The standard InChI is InChI=1S/C9H14O4/c1-3-12-9(11)8-5-7(10)4-6(2)13-8/h6,8H,3-5H2,1-2H3. The molecule has 0 aromatic rings. The van der Waals surface area contributed by atoms with Gasteiger partial charge in [0.25, 0.3) is 0 Å². The van der Waals surface area contributed by atoms with Crippen LogP contribution >= 0.6 is 0 Å². The minimum Gasteiger partial charge on any atom is -0.464 e. The highest BCUT2D eigenvalue weighted by molar-refractivity contribution is 5.87. The number of ether oxygens (including phenoxy) is 2. The molecule has 0 N–H and O–H groups in total. The van der Waals surface area contributed by atoms with Gasteiger partial charge in [0.2, 0.25) is 0 Å². The van der Waals surface area contributed by atoms with Crippen molar-refractivity contribution >= 4 is 11.8 Å². The number of carbonyl (C=O) groups is 2. The molecule has 1 heterocycles. The van der Waals surface area contributed by atoms with Crippen LogP contribution in [0.15, 0.2) is 0 Å². The molecule has 0 saturated carbocycles. The summed E-state index contributed by atoms with van der Waals surface area (Å²) in [5, 5.41) is 0. The van der Waals surface area contributed by atoms with Crippen molar-refractivity contribution < 1.29 is 19.1 Å². The maximum atomic E-state index is 11.2. The van der Waals surface area contributed by atoms with E-state index in [1.807, 2.05) is 0 Å². The van der Waals surface area contributed by atoms with E-state index in [0.29, 0.717) is 13.0 Å². The highest BCUT2D eigenvalue weighted by atomic mass is 16.6. The number of esters is 1. The number of hydrogen-bond acceptors (Lipinski definition) is 4. The summed E-state index contributed by atoms with van der Waals surface area (Å²) in [7, 11) is 0. The summed E-state index contributed by atoms with van der Waals surface area (Å²) in [6, 6.07) is 0. The predicted molar refractivity (Wildman–Crippen MR) is 45.2 cm³/mol. The fourth-order valence-corrected chi connectivity index (χ4v) is 1.36. The Morgan fingerprint density at radius 1 is 1.62 bits per heavy atom. The molecule has 1 rings (SSSR count). The van der Waals surface area contributed by atoms with Gasteiger partial charge in [-0.2, -0.15) is 0 Å². The van der Waals surface area contributed by atoms with E-state index in [-0.39, 0.29) is 18.3 Å². The molecule has 0 aliphatic carbocycles. The van der Waals surface area contributed by atoms with Gasteiger partial charge in [0.05, 0.1) is 12.7 Å². The summed E-state index contributed by atoms with van der Waals surface area (Å²) in [5.41, 5.74) is 0. The smallest absolute Gasteiger partial charge is 0.335 e. The molecule has 0 aromatic carbocycles. The van der Waals surface area contributed by atoms with Crippen LogP contribution in [0.5, 0.6) is 0 Å². The molecule has 0 radical (unpaired) electrons. The van der Waals surface area contributed by atoms with Gasteiger partial charge < -0.3 is 9.47 Å². The van der Waals surface area contributed by atoms with Crippen LogP contribution in [0.25, 0.3) is 0 Å². The third-order valence-electron chi connectivity index (χ3n) is 1.87. The summed E-state index contributed by atoms with van der Waals surface area (Å²) in [6.45, 7) is 3.83. The average molecular weight is 186 g/mol. The highest BCUT2D eigenvalue weighted by Crippen LogP contribution is 2.16. The first-order valence-electron chi connectivity index (χ1n) is 4.47. The highest BCUT2D eigenvalue weighted by Gasteiger charge is 2.31. The lowest BCUT2D eigenvalue weighted by Crippen LogP contribution is -2.37. The van der Waals surface area contributed by atoms with Crippen molar-refractivity contribution in [3.05, 3.63) is 0 Å². The van der Waals surface area contributed by atoms with Crippen LogP contribution in [0, 0.1) is 0 Å². The van der Waals surface area contributed by atoms with Gasteiger partial charge in [0, 0.05) is 12.8 Å². The fraction of sp³-hybridized carbons (Fsp3) is 0.778. The van der Waals surface area contributed by atoms with E-state index in [2.05, 4.69) is 0 Å². The second-order valence-electron chi connectivity index (χ2n) is 3.13. The van der Waals surface area contributed by atoms with Crippen molar-refractivity contribution in [2.24, 2.45) is 0 Å². The van der Waals surface area contributed by atoms with E-state index in [0.717, 1.165) is 0 Å². The van der Waals surface area contributed by atoms with Crippen molar-refractivity contribution in [2.75, 3.05) is 6.61 Å². The van der Waals surface area contributed by atoms with E-state index in [1.54, 1.807) is 13.8 Å². The van der Waals surface area contributed by atoms with Crippen molar-refractivity contribution in [3.8, 4) is 0 Å². The number of rotatable bonds is 2. The molecule has 1 aliphatic rings. The van der Waals surface area contributed by atoms with E-state index in [9.17, 15) is 9.59 Å². The second-order valence-corrected chi connectivity index (χ2v) is 3.13. The van der Waals surface area contributed by atoms with Gasteiger partial charge in [-0.1, -0.05) is 0 Å². The Hall–Kier alpha value is -0.900. The SMILES string of the molecule is CCOC(=O)C1CC(=O)CC(C)O1. The Kier molecular flexibility index (Phi) is 3.42. The van der Waals surface area contributed by atoms with Gasteiger partial charge in [-0.15, -0.1) is 0 Å². The molecule has 2 atom stereocenters. The molecule has 74 valence electrons. The van der Waals surface area contributed by atoms with Crippen LogP contribution in [0.3, 0.4) is 0 Å². The topological polar surface area (TPSA) is 52.6 Å². The van der Waals surface area contributed by atoms with E-state index in [4.69, 9.17) is 9.47 Å². The molecule has 0 aromatic heterocycles. The molecule has 4 nitrogen and oxygen atoms in total. The van der Waals surface area contributed by atoms with Crippen molar-refractivity contribution in [3.63, 3.8) is 0 Å². The average Bonchev–Trinajstić information content (AvgIpc) is 2.03. The van der Waals surface area contributed by atoms with Crippen molar-refractivity contribution in [1.29, 1.82) is 0 Å². The minimum atomic E-state index is -0.684. The van der Waals surface area contributed by atoms with Crippen LogP contribution in [-0.2, 0) is 19.1 Å². The monoisotopic (exact) mass is 186 g/mol. The third-order valence-corrected chi connectivity index (χ3v) is 1.87.